The van der Waals surface area contributed by atoms with E-state index in [1.807, 2.05) is 37.5 Å². The summed E-state index contributed by atoms with van der Waals surface area (Å²) in [4.78, 5) is 16.2. The lowest BCUT2D eigenvalue weighted by Crippen LogP contribution is -2.48. The lowest BCUT2D eigenvalue weighted by atomic mass is 9.80. The quantitative estimate of drug-likeness (QED) is 0.640. The van der Waals surface area contributed by atoms with Gasteiger partial charge in [-0.3, -0.25) is 9.79 Å². The molecule has 132 valence electrons. The molecule has 3 rings (SSSR count). The van der Waals surface area contributed by atoms with E-state index in [0.29, 0.717) is 22.6 Å². The van der Waals surface area contributed by atoms with Gasteiger partial charge in [0.15, 0.2) is 5.57 Å². The monoisotopic (exact) mass is 359 g/mol. The molecule has 0 spiro atoms. The summed E-state index contributed by atoms with van der Waals surface area (Å²) in [5.41, 5.74) is 8.11. The third-order valence-corrected chi connectivity index (χ3v) is 5.38. The molecule has 1 heterocycles. The largest absolute Gasteiger partial charge is 0.365 e. The minimum absolute atomic E-state index is 0.301. The van der Waals surface area contributed by atoms with Crippen LogP contribution in [-0.2, 0) is 4.79 Å². The second-order valence-electron chi connectivity index (χ2n) is 6.62. The molecule has 0 bridgehead atoms. The number of benzene rings is 1. The van der Waals surface area contributed by atoms with Gasteiger partial charge in [-0.15, -0.1) is 0 Å². The van der Waals surface area contributed by atoms with E-state index in [0.717, 1.165) is 30.1 Å². The summed E-state index contributed by atoms with van der Waals surface area (Å²) in [6, 6.07) is 7.72. The molecule has 5 nitrogen and oxygen atoms in total. The van der Waals surface area contributed by atoms with Gasteiger partial charge in [0.05, 0.1) is 0 Å². The van der Waals surface area contributed by atoms with Crippen LogP contribution in [0.15, 0.2) is 41.0 Å². The minimum atomic E-state index is -0.416. The van der Waals surface area contributed by atoms with Crippen LogP contribution in [0.3, 0.4) is 0 Å². The Labute approximate surface area is 153 Å². The maximum absolute atomic E-state index is 11.8. The number of rotatable bonds is 4. The number of nitrogens with one attached hydrogen (secondary N) is 1. The molecule has 0 radical (unpaired) electrons. The number of amidine groups is 1. The second-order valence-corrected chi connectivity index (χ2v) is 7.05. The van der Waals surface area contributed by atoms with Gasteiger partial charge in [-0.05, 0) is 50.5 Å². The first-order valence-electron chi connectivity index (χ1n) is 8.64. The molecule has 1 aliphatic heterocycles. The number of aliphatic imine (C=N–C) groups is 1. The molecule has 1 aliphatic carbocycles. The van der Waals surface area contributed by atoms with E-state index in [1.165, 1.54) is 12.8 Å². The Morgan fingerprint density at radius 2 is 1.96 bits per heavy atom. The topological polar surface area (TPSA) is 70.5 Å². The Morgan fingerprint density at radius 3 is 2.60 bits per heavy atom. The van der Waals surface area contributed by atoms with E-state index in [1.54, 1.807) is 0 Å². The van der Waals surface area contributed by atoms with Crippen LogP contribution in [0.5, 0.6) is 0 Å². The van der Waals surface area contributed by atoms with Crippen molar-refractivity contribution in [2.24, 2.45) is 16.6 Å². The van der Waals surface area contributed by atoms with Gasteiger partial charge in [0, 0.05) is 23.7 Å². The summed E-state index contributed by atoms with van der Waals surface area (Å²) < 4.78 is 2.16. The summed E-state index contributed by atoms with van der Waals surface area (Å²) in [5, 5.41) is 4.01. The molecule has 1 amide bonds. The molecule has 1 saturated carbocycles. The zero-order valence-corrected chi connectivity index (χ0v) is 15.4. The maximum Gasteiger partial charge on any atom is 0.296 e. The molecule has 3 N–H and O–H groups in total. The van der Waals surface area contributed by atoms with E-state index >= 15 is 0 Å². The summed E-state index contributed by atoms with van der Waals surface area (Å²) in [6.07, 6.45) is 6.47. The highest BCUT2D eigenvalue weighted by molar-refractivity contribution is 6.30. The predicted molar refractivity (Wildman–Crippen MR) is 102 cm³/mol. The number of halogens is 1. The van der Waals surface area contributed by atoms with Gasteiger partial charge in [-0.25, -0.2) is 9.89 Å². The van der Waals surface area contributed by atoms with Crippen LogP contribution in [0.25, 0.3) is 0 Å². The van der Waals surface area contributed by atoms with Crippen LogP contribution >= 0.6 is 11.6 Å². The van der Waals surface area contributed by atoms with Crippen LogP contribution in [0.1, 0.15) is 32.6 Å². The van der Waals surface area contributed by atoms with Crippen molar-refractivity contribution in [3.8, 4) is 0 Å². The lowest BCUT2D eigenvalue weighted by Gasteiger charge is -2.34. The Morgan fingerprint density at radius 1 is 1.28 bits per heavy atom. The summed E-state index contributed by atoms with van der Waals surface area (Å²) in [6.45, 7) is 2.09. The van der Waals surface area contributed by atoms with Gasteiger partial charge in [0.1, 0.15) is 17.9 Å². The first-order chi connectivity index (χ1) is 12.0. The fourth-order valence-corrected chi connectivity index (χ4v) is 3.80. The third-order valence-electron chi connectivity index (χ3n) is 5.13. The van der Waals surface area contributed by atoms with E-state index in [2.05, 4.69) is 21.8 Å². The molecule has 1 fully saturated rings. The SMILES string of the molecule is CN=C(C)C1CCCCC1[N+]1=C(Nc2ccc(Cl)cc2)C(C(N)=O)=C1. The van der Waals surface area contributed by atoms with Crippen LogP contribution in [0, 0.1) is 5.92 Å². The highest BCUT2D eigenvalue weighted by Gasteiger charge is 2.41. The highest BCUT2D eigenvalue weighted by Crippen LogP contribution is 2.31. The standard InChI is InChI=1S/C19H23ClN4O/c1-12(22-2)15-5-3-4-6-17(15)24-11-16(18(21)25)19(24)23-14-9-7-13(20)8-10-14/h7-11,15,17H,3-6H2,1-2H3,(H2,21,25)/p+1. The number of nitrogens with zero attached hydrogens (tertiary/aromatic N) is 2. The van der Waals surface area contributed by atoms with E-state index in [9.17, 15) is 4.79 Å². The first-order valence-corrected chi connectivity index (χ1v) is 9.02. The summed E-state index contributed by atoms with van der Waals surface area (Å²) >= 11 is 5.95. The molecular formula is C19H24ClN4O+. The van der Waals surface area contributed by atoms with Crippen molar-refractivity contribution >= 4 is 34.7 Å². The fourth-order valence-electron chi connectivity index (χ4n) is 3.68. The average molecular weight is 360 g/mol. The molecule has 2 aliphatic rings. The summed E-state index contributed by atoms with van der Waals surface area (Å²) in [7, 11) is 1.85. The van der Waals surface area contributed by atoms with Gasteiger partial charge in [0.25, 0.3) is 11.7 Å². The van der Waals surface area contributed by atoms with E-state index < -0.39 is 5.91 Å². The van der Waals surface area contributed by atoms with E-state index in [4.69, 9.17) is 17.3 Å². The van der Waals surface area contributed by atoms with Crippen molar-refractivity contribution in [2.75, 3.05) is 12.4 Å². The zero-order valence-electron chi connectivity index (χ0n) is 14.6. The molecule has 1 aromatic carbocycles. The van der Waals surface area contributed by atoms with Crippen LogP contribution < -0.4 is 11.1 Å². The number of primary amides is 1. The number of hydrogen-bond donors (Lipinski definition) is 2. The lowest BCUT2D eigenvalue weighted by molar-refractivity contribution is -0.520. The van der Waals surface area contributed by atoms with Gasteiger partial charge in [-0.2, -0.15) is 0 Å². The number of amides is 1. The van der Waals surface area contributed by atoms with E-state index in [-0.39, 0.29) is 0 Å². The van der Waals surface area contributed by atoms with Crippen LogP contribution in [0.2, 0.25) is 5.02 Å². The predicted octanol–water partition coefficient (Wildman–Crippen LogP) is 3.20. The van der Waals surface area contributed by atoms with Crippen molar-refractivity contribution in [1.29, 1.82) is 0 Å². The van der Waals surface area contributed by atoms with Crippen LogP contribution in [0.4, 0.5) is 5.69 Å². The van der Waals surface area contributed by atoms with Crippen molar-refractivity contribution in [2.45, 2.75) is 38.6 Å². The zero-order chi connectivity index (χ0) is 18.0. The van der Waals surface area contributed by atoms with Crippen molar-refractivity contribution < 1.29 is 9.37 Å². The number of carbonyl (C=O) groups is 1. The van der Waals surface area contributed by atoms with Crippen molar-refractivity contribution in [1.82, 2.24) is 0 Å². The number of anilines is 1. The molecule has 0 saturated heterocycles. The maximum atomic E-state index is 11.8. The molecule has 2 atom stereocenters. The van der Waals surface area contributed by atoms with Gasteiger partial charge >= 0.3 is 0 Å². The highest BCUT2D eigenvalue weighted by atomic mass is 35.5. The number of carbonyl (C=O) groups excluding carboxylic acids is 1. The molecule has 6 heteroatoms. The van der Waals surface area contributed by atoms with Gasteiger partial charge in [0.2, 0.25) is 0 Å². The average Bonchev–Trinajstić information content (AvgIpc) is 2.59. The fraction of sp³-hybridized carbons (Fsp3) is 0.421. The second kappa shape index (κ2) is 7.40. The van der Waals surface area contributed by atoms with Crippen molar-refractivity contribution in [3.63, 3.8) is 0 Å². The molecule has 2 unspecified atom stereocenters. The Bertz CT molecular complexity index is 764. The molecule has 1 aromatic rings. The molecule has 25 heavy (non-hydrogen) atoms. The van der Waals surface area contributed by atoms with Crippen molar-refractivity contribution in [3.05, 3.63) is 41.1 Å². The van der Waals surface area contributed by atoms with Gasteiger partial charge in [-0.1, -0.05) is 18.0 Å². The Kier molecular flexibility index (Phi) is 5.23. The third kappa shape index (κ3) is 3.61. The summed E-state index contributed by atoms with van der Waals surface area (Å²) in [5.74, 6) is 0.753. The Balaban J connectivity index is 1.91. The normalized spacial score (nSPS) is 23.8. The molecule has 0 aromatic heterocycles. The Hall–Kier alpha value is -2.14. The van der Waals surface area contributed by atoms with Crippen LogP contribution in [-0.4, -0.2) is 35.1 Å². The molecular weight excluding hydrogens is 336 g/mol. The number of hydrogen-bond acceptors (Lipinski definition) is 3. The van der Waals surface area contributed by atoms with Gasteiger partial charge < -0.3 is 5.73 Å². The number of nitrogens with two attached hydrogens (primary N) is 1. The minimum Gasteiger partial charge on any atom is -0.365 e. The smallest absolute Gasteiger partial charge is 0.296 e. The first kappa shape index (κ1) is 17.7.